The predicted octanol–water partition coefficient (Wildman–Crippen LogP) is 2.21. The van der Waals surface area contributed by atoms with Crippen LogP contribution in [0, 0.1) is 0 Å². The Kier molecular flexibility index (Phi) is 2.79. The molecule has 0 aliphatic carbocycles. The molecule has 1 amide bonds. The summed E-state index contributed by atoms with van der Waals surface area (Å²) in [5.74, 6) is 0.110. The quantitative estimate of drug-likeness (QED) is 0.807. The van der Waals surface area contributed by atoms with Crippen LogP contribution in [0.2, 0.25) is 0 Å². The molecule has 104 valence electrons. The molecule has 0 N–H and O–H groups in total. The zero-order chi connectivity index (χ0) is 13.7. The Morgan fingerprint density at radius 1 is 1.35 bits per heavy atom. The SMILES string of the molecule is CN1CCCC2[C@H]1CN2C(=O)c1nsc2ccccc12. The summed E-state index contributed by atoms with van der Waals surface area (Å²) in [6.07, 6.45) is 2.31. The van der Waals surface area contributed by atoms with Crippen LogP contribution in [-0.4, -0.2) is 52.3 Å². The number of fused-ring (bicyclic) bond motifs is 2. The van der Waals surface area contributed by atoms with E-state index in [9.17, 15) is 4.79 Å². The Morgan fingerprint density at radius 2 is 2.20 bits per heavy atom. The van der Waals surface area contributed by atoms with Crippen molar-refractivity contribution in [1.82, 2.24) is 14.2 Å². The van der Waals surface area contributed by atoms with Crippen molar-refractivity contribution >= 4 is 27.5 Å². The van der Waals surface area contributed by atoms with Crippen molar-refractivity contribution in [3.05, 3.63) is 30.0 Å². The van der Waals surface area contributed by atoms with Crippen LogP contribution in [-0.2, 0) is 0 Å². The summed E-state index contributed by atoms with van der Waals surface area (Å²) in [5, 5.41) is 0.995. The first kappa shape index (κ1) is 12.3. The summed E-state index contributed by atoms with van der Waals surface area (Å²) in [4.78, 5) is 17.1. The highest BCUT2D eigenvalue weighted by Crippen LogP contribution is 2.33. The summed E-state index contributed by atoms with van der Waals surface area (Å²) in [6.45, 7) is 2.01. The first-order valence-corrected chi connectivity index (χ1v) is 7.88. The fourth-order valence-electron chi connectivity index (χ4n) is 3.44. The molecule has 2 fully saturated rings. The van der Waals surface area contributed by atoms with Crippen molar-refractivity contribution < 1.29 is 4.79 Å². The molecule has 2 aliphatic heterocycles. The molecule has 4 nitrogen and oxygen atoms in total. The maximum absolute atomic E-state index is 12.7. The van der Waals surface area contributed by atoms with Crippen LogP contribution in [0.25, 0.3) is 10.1 Å². The topological polar surface area (TPSA) is 36.4 Å². The van der Waals surface area contributed by atoms with E-state index in [0.717, 1.165) is 29.6 Å². The number of likely N-dealkylation sites (tertiary alicyclic amines) is 2. The van der Waals surface area contributed by atoms with Gasteiger partial charge in [0, 0.05) is 24.0 Å². The first-order chi connectivity index (χ1) is 9.75. The fourth-order valence-corrected chi connectivity index (χ4v) is 4.20. The van der Waals surface area contributed by atoms with E-state index < -0.39 is 0 Å². The third-order valence-corrected chi connectivity index (χ3v) is 5.47. The Balaban J connectivity index is 1.62. The monoisotopic (exact) mass is 287 g/mol. The lowest BCUT2D eigenvalue weighted by atomic mass is 9.86. The van der Waals surface area contributed by atoms with E-state index in [2.05, 4.69) is 16.3 Å². The summed E-state index contributed by atoms with van der Waals surface area (Å²) in [6, 6.07) is 8.93. The van der Waals surface area contributed by atoms with Crippen LogP contribution in [0.1, 0.15) is 23.3 Å². The molecule has 0 spiro atoms. The van der Waals surface area contributed by atoms with E-state index in [0.29, 0.717) is 17.8 Å². The Labute approximate surface area is 122 Å². The lowest BCUT2D eigenvalue weighted by Gasteiger charge is -2.54. The Morgan fingerprint density at radius 3 is 3.10 bits per heavy atom. The highest BCUT2D eigenvalue weighted by molar-refractivity contribution is 7.13. The second-order valence-corrected chi connectivity index (χ2v) is 6.55. The molecular weight excluding hydrogens is 270 g/mol. The van der Waals surface area contributed by atoms with Gasteiger partial charge >= 0.3 is 0 Å². The minimum absolute atomic E-state index is 0.110. The number of piperidine rings is 1. The fraction of sp³-hybridized carbons (Fsp3) is 0.467. The zero-order valence-corrected chi connectivity index (χ0v) is 12.3. The van der Waals surface area contributed by atoms with Crippen LogP contribution >= 0.6 is 11.5 Å². The van der Waals surface area contributed by atoms with Gasteiger partial charge in [-0.25, -0.2) is 0 Å². The minimum Gasteiger partial charge on any atom is -0.331 e. The smallest absolute Gasteiger partial charge is 0.274 e. The maximum atomic E-state index is 12.7. The Hall–Kier alpha value is -1.46. The molecule has 20 heavy (non-hydrogen) atoms. The highest BCUT2D eigenvalue weighted by atomic mass is 32.1. The van der Waals surface area contributed by atoms with Gasteiger partial charge in [-0.3, -0.25) is 9.69 Å². The van der Waals surface area contributed by atoms with Crippen molar-refractivity contribution in [3.63, 3.8) is 0 Å². The highest BCUT2D eigenvalue weighted by Gasteiger charge is 2.46. The molecule has 4 rings (SSSR count). The molecule has 2 aliphatic rings. The van der Waals surface area contributed by atoms with Gasteiger partial charge in [-0.1, -0.05) is 18.2 Å². The van der Waals surface area contributed by atoms with E-state index in [1.165, 1.54) is 18.0 Å². The number of carbonyl (C=O) groups is 1. The van der Waals surface area contributed by atoms with Gasteiger partial charge in [-0.05, 0) is 44.0 Å². The number of rotatable bonds is 1. The molecule has 0 saturated carbocycles. The first-order valence-electron chi connectivity index (χ1n) is 7.11. The second kappa shape index (κ2) is 4.53. The molecule has 0 radical (unpaired) electrons. The summed E-state index contributed by atoms with van der Waals surface area (Å²) in [5.41, 5.74) is 0.636. The maximum Gasteiger partial charge on any atom is 0.274 e. The molecule has 1 aromatic heterocycles. The molecule has 0 bridgehead atoms. The molecular formula is C15H17N3OS. The molecule has 1 aromatic carbocycles. The molecule has 2 saturated heterocycles. The predicted molar refractivity (Wildman–Crippen MR) is 80.1 cm³/mol. The molecule has 5 heteroatoms. The summed E-state index contributed by atoms with van der Waals surface area (Å²) >= 11 is 1.42. The Bertz CT molecular complexity index is 668. The third-order valence-electron chi connectivity index (χ3n) is 4.65. The van der Waals surface area contributed by atoms with Crippen molar-refractivity contribution in [2.24, 2.45) is 0 Å². The van der Waals surface area contributed by atoms with E-state index in [4.69, 9.17) is 0 Å². The van der Waals surface area contributed by atoms with Crippen LogP contribution in [0.3, 0.4) is 0 Å². The molecule has 2 atom stereocenters. The minimum atomic E-state index is 0.110. The van der Waals surface area contributed by atoms with Gasteiger partial charge in [0.15, 0.2) is 0 Å². The van der Waals surface area contributed by atoms with Gasteiger partial charge in [-0.2, -0.15) is 4.37 Å². The van der Waals surface area contributed by atoms with E-state index in [-0.39, 0.29) is 5.91 Å². The largest absolute Gasteiger partial charge is 0.331 e. The summed E-state index contributed by atoms with van der Waals surface area (Å²) < 4.78 is 5.48. The number of aromatic nitrogens is 1. The third kappa shape index (κ3) is 1.70. The number of nitrogens with zero attached hydrogens (tertiary/aromatic N) is 3. The lowest BCUT2D eigenvalue weighted by molar-refractivity contribution is -0.0312. The number of hydrogen-bond acceptors (Lipinski definition) is 4. The normalized spacial score (nSPS) is 26.4. The van der Waals surface area contributed by atoms with Gasteiger partial charge in [0.2, 0.25) is 0 Å². The van der Waals surface area contributed by atoms with Gasteiger partial charge in [-0.15, -0.1) is 0 Å². The zero-order valence-electron chi connectivity index (χ0n) is 11.5. The van der Waals surface area contributed by atoms with Gasteiger partial charge in [0.1, 0.15) is 5.69 Å². The standard InChI is InChI=1S/C15H17N3OS/c1-17-8-4-6-11-12(17)9-18(11)15(19)14-10-5-2-3-7-13(10)20-16-14/h2-3,5,7,11-12H,4,6,8-9H2,1H3/t11?,12-/m1/s1. The van der Waals surface area contributed by atoms with Gasteiger partial charge in [0.05, 0.1) is 4.70 Å². The van der Waals surface area contributed by atoms with Gasteiger partial charge < -0.3 is 4.90 Å². The number of carbonyl (C=O) groups excluding carboxylic acids is 1. The van der Waals surface area contributed by atoms with Crippen LogP contribution in [0.4, 0.5) is 0 Å². The number of benzene rings is 1. The second-order valence-electron chi connectivity index (χ2n) is 5.74. The lowest BCUT2D eigenvalue weighted by Crippen LogP contribution is -2.69. The average Bonchev–Trinajstić information content (AvgIpc) is 2.85. The average molecular weight is 287 g/mol. The van der Waals surface area contributed by atoms with E-state index >= 15 is 0 Å². The van der Waals surface area contributed by atoms with Crippen LogP contribution in [0.5, 0.6) is 0 Å². The van der Waals surface area contributed by atoms with Crippen molar-refractivity contribution in [2.45, 2.75) is 24.9 Å². The van der Waals surface area contributed by atoms with Crippen molar-refractivity contribution in [2.75, 3.05) is 20.1 Å². The number of hydrogen-bond donors (Lipinski definition) is 0. The number of amides is 1. The molecule has 2 aromatic rings. The number of likely N-dealkylation sites (N-methyl/N-ethyl adjacent to an activating group) is 1. The van der Waals surface area contributed by atoms with Crippen LogP contribution in [0.15, 0.2) is 24.3 Å². The summed E-state index contributed by atoms with van der Waals surface area (Å²) in [7, 11) is 2.16. The van der Waals surface area contributed by atoms with Gasteiger partial charge in [0.25, 0.3) is 5.91 Å². The molecule has 3 heterocycles. The molecule has 1 unspecified atom stereocenters. The van der Waals surface area contributed by atoms with Crippen molar-refractivity contribution in [3.8, 4) is 0 Å². The van der Waals surface area contributed by atoms with E-state index in [1.54, 1.807) is 0 Å². The van der Waals surface area contributed by atoms with Crippen molar-refractivity contribution in [1.29, 1.82) is 0 Å². The van der Waals surface area contributed by atoms with Crippen LogP contribution < -0.4 is 0 Å². The van der Waals surface area contributed by atoms with E-state index in [1.807, 2.05) is 29.2 Å².